The van der Waals surface area contributed by atoms with Gasteiger partial charge in [0.25, 0.3) is 0 Å². The molecule has 0 bridgehead atoms. The molecular formula is C15H22BrNO2. The Morgan fingerprint density at radius 3 is 2.68 bits per heavy atom. The average molecular weight is 328 g/mol. The van der Waals surface area contributed by atoms with Crippen LogP contribution in [0.5, 0.6) is 5.75 Å². The largest absolute Gasteiger partial charge is 0.492 e. The van der Waals surface area contributed by atoms with Gasteiger partial charge >= 0.3 is 0 Å². The van der Waals surface area contributed by atoms with E-state index in [9.17, 15) is 5.11 Å². The van der Waals surface area contributed by atoms with Crippen LogP contribution in [0.2, 0.25) is 0 Å². The summed E-state index contributed by atoms with van der Waals surface area (Å²) >= 11 is 3.44. The minimum atomic E-state index is 0.0132. The van der Waals surface area contributed by atoms with Gasteiger partial charge < -0.3 is 9.84 Å². The quantitative estimate of drug-likeness (QED) is 0.901. The number of ether oxygens (including phenoxy) is 1. The van der Waals surface area contributed by atoms with Crippen molar-refractivity contribution in [2.45, 2.75) is 32.8 Å². The number of halogens is 1. The molecule has 0 unspecified atom stereocenters. The van der Waals surface area contributed by atoms with Gasteiger partial charge in [-0.05, 0) is 50.6 Å². The summed E-state index contributed by atoms with van der Waals surface area (Å²) in [6.45, 7) is 6.07. The molecule has 3 nitrogen and oxygen atoms in total. The highest BCUT2D eigenvalue weighted by molar-refractivity contribution is 9.10. The van der Waals surface area contributed by atoms with Crippen molar-refractivity contribution in [2.75, 3.05) is 26.2 Å². The Kier molecular flexibility index (Phi) is 5.67. The summed E-state index contributed by atoms with van der Waals surface area (Å²) < 4.78 is 6.88. The first kappa shape index (κ1) is 14.8. The van der Waals surface area contributed by atoms with E-state index in [1.807, 2.05) is 19.1 Å². The highest BCUT2D eigenvalue weighted by atomic mass is 79.9. The molecule has 1 aliphatic heterocycles. The molecule has 106 valence electrons. The van der Waals surface area contributed by atoms with Crippen LogP contribution in [0, 0.1) is 6.92 Å². The number of piperidine rings is 1. The van der Waals surface area contributed by atoms with Crippen LogP contribution in [-0.4, -0.2) is 36.2 Å². The summed E-state index contributed by atoms with van der Waals surface area (Å²) in [4.78, 5) is 2.45. The fraction of sp³-hybridized carbons (Fsp3) is 0.600. The molecule has 1 fully saturated rings. The van der Waals surface area contributed by atoms with E-state index in [0.717, 1.165) is 27.9 Å². The minimum absolute atomic E-state index is 0.0132. The number of aliphatic hydroxyl groups excluding tert-OH is 1. The molecule has 2 rings (SSSR count). The highest BCUT2D eigenvalue weighted by Crippen LogP contribution is 2.28. The molecule has 0 aromatic heterocycles. The van der Waals surface area contributed by atoms with Crippen LogP contribution in [0.25, 0.3) is 0 Å². The maximum Gasteiger partial charge on any atom is 0.127 e. The number of likely N-dealkylation sites (tertiary alicyclic amines) is 1. The Labute approximate surface area is 123 Å². The Hall–Kier alpha value is -0.580. The van der Waals surface area contributed by atoms with Gasteiger partial charge in [0, 0.05) is 16.6 Å². The van der Waals surface area contributed by atoms with Gasteiger partial charge in [0.1, 0.15) is 12.4 Å². The molecule has 1 heterocycles. The minimum Gasteiger partial charge on any atom is -0.492 e. The van der Waals surface area contributed by atoms with Crippen LogP contribution in [0.15, 0.2) is 16.6 Å². The lowest BCUT2D eigenvalue weighted by atomic mass is 10.1. The molecule has 1 saturated heterocycles. The van der Waals surface area contributed by atoms with Gasteiger partial charge in [0.15, 0.2) is 0 Å². The summed E-state index contributed by atoms with van der Waals surface area (Å²) in [5.74, 6) is 0.836. The summed E-state index contributed by atoms with van der Waals surface area (Å²) in [5.41, 5.74) is 1.92. The Balaban J connectivity index is 1.91. The molecule has 0 saturated carbocycles. The number of rotatable bonds is 5. The van der Waals surface area contributed by atoms with Gasteiger partial charge in [-0.3, -0.25) is 4.90 Å². The monoisotopic (exact) mass is 327 g/mol. The van der Waals surface area contributed by atoms with Gasteiger partial charge in [-0.2, -0.15) is 0 Å². The number of nitrogens with zero attached hydrogens (tertiary/aromatic N) is 1. The van der Waals surface area contributed by atoms with Crippen molar-refractivity contribution in [2.24, 2.45) is 0 Å². The van der Waals surface area contributed by atoms with Gasteiger partial charge in [-0.25, -0.2) is 0 Å². The van der Waals surface area contributed by atoms with Crippen LogP contribution >= 0.6 is 15.9 Å². The molecule has 1 aromatic carbocycles. The van der Waals surface area contributed by atoms with Crippen molar-refractivity contribution >= 4 is 15.9 Å². The second kappa shape index (κ2) is 7.27. The predicted octanol–water partition coefficient (Wildman–Crippen LogP) is 3.11. The van der Waals surface area contributed by atoms with Crippen molar-refractivity contribution in [1.29, 1.82) is 0 Å². The zero-order chi connectivity index (χ0) is 13.7. The third-order valence-electron chi connectivity index (χ3n) is 3.59. The fourth-order valence-electron chi connectivity index (χ4n) is 2.58. The fourth-order valence-corrected chi connectivity index (χ4v) is 3.20. The van der Waals surface area contributed by atoms with E-state index >= 15 is 0 Å². The van der Waals surface area contributed by atoms with Crippen LogP contribution in [-0.2, 0) is 6.61 Å². The lowest BCUT2D eigenvalue weighted by Crippen LogP contribution is -2.33. The standard InChI is InChI=1S/C15H22BrNO2/c1-12-9-14(16)10-13(11-18)15(12)19-8-7-17-5-3-2-4-6-17/h9-10,18H,2-8,11H2,1H3. The SMILES string of the molecule is Cc1cc(Br)cc(CO)c1OCCN1CCCCC1. The van der Waals surface area contributed by atoms with E-state index in [1.54, 1.807) is 0 Å². The van der Waals surface area contributed by atoms with Crippen LogP contribution in [0.4, 0.5) is 0 Å². The average Bonchev–Trinajstić information content (AvgIpc) is 2.42. The Morgan fingerprint density at radius 2 is 2.00 bits per heavy atom. The zero-order valence-electron chi connectivity index (χ0n) is 11.5. The Morgan fingerprint density at radius 1 is 1.26 bits per heavy atom. The van der Waals surface area contributed by atoms with Crippen molar-refractivity contribution in [3.8, 4) is 5.75 Å². The van der Waals surface area contributed by atoms with Gasteiger partial charge in [0.05, 0.1) is 6.61 Å². The molecule has 1 N–H and O–H groups in total. The van der Waals surface area contributed by atoms with E-state index in [0.29, 0.717) is 6.61 Å². The van der Waals surface area contributed by atoms with Gasteiger partial charge in [0.2, 0.25) is 0 Å². The summed E-state index contributed by atoms with van der Waals surface area (Å²) in [5, 5.41) is 9.40. The summed E-state index contributed by atoms with van der Waals surface area (Å²) in [6.07, 6.45) is 3.97. The lowest BCUT2D eigenvalue weighted by Gasteiger charge is -2.26. The van der Waals surface area contributed by atoms with Crippen molar-refractivity contribution in [3.05, 3.63) is 27.7 Å². The molecular weight excluding hydrogens is 306 g/mol. The van der Waals surface area contributed by atoms with Crippen molar-refractivity contribution < 1.29 is 9.84 Å². The molecule has 0 aliphatic carbocycles. The smallest absolute Gasteiger partial charge is 0.127 e. The first-order valence-electron chi connectivity index (χ1n) is 6.95. The molecule has 0 radical (unpaired) electrons. The third-order valence-corrected chi connectivity index (χ3v) is 4.05. The lowest BCUT2D eigenvalue weighted by molar-refractivity contribution is 0.180. The molecule has 1 aromatic rings. The molecule has 0 spiro atoms. The number of hydrogen-bond donors (Lipinski definition) is 1. The maximum absolute atomic E-state index is 9.40. The highest BCUT2D eigenvalue weighted by Gasteiger charge is 2.12. The van der Waals surface area contributed by atoms with E-state index in [2.05, 4.69) is 20.8 Å². The number of hydrogen-bond acceptors (Lipinski definition) is 3. The molecule has 19 heavy (non-hydrogen) atoms. The normalized spacial score (nSPS) is 16.6. The molecule has 4 heteroatoms. The number of benzene rings is 1. The second-order valence-electron chi connectivity index (χ2n) is 5.12. The summed E-state index contributed by atoms with van der Waals surface area (Å²) in [7, 11) is 0. The van der Waals surface area contributed by atoms with Crippen LogP contribution < -0.4 is 4.74 Å². The molecule has 0 atom stereocenters. The first-order valence-corrected chi connectivity index (χ1v) is 7.75. The van der Waals surface area contributed by atoms with Crippen LogP contribution in [0.3, 0.4) is 0 Å². The van der Waals surface area contributed by atoms with E-state index in [1.165, 1.54) is 32.4 Å². The van der Waals surface area contributed by atoms with E-state index in [4.69, 9.17) is 4.74 Å². The number of aliphatic hydroxyl groups is 1. The summed E-state index contributed by atoms with van der Waals surface area (Å²) in [6, 6.07) is 3.94. The van der Waals surface area contributed by atoms with E-state index < -0.39 is 0 Å². The predicted molar refractivity (Wildman–Crippen MR) is 80.6 cm³/mol. The first-order chi connectivity index (χ1) is 9.20. The van der Waals surface area contributed by atoms with Crippen molar-refractivity contribution in [3.63, 3.8) is 0 Å². The van der Waals surface area contributed by atoms with Gasteiger partial charge in [-0.1, -0.05) is 22.4 Å². The van der Waals surface area contributed by atoms with Crippen molar-refractivity contribution in [1.82, 2.24) is 4.90 Å². The second-order valence-corrected chi connectivity index (χ2v) is 6.04. The number of aryl methyl sites for hydroxylation is 1. The van der Waals surface area contributed by atoms with Gasteiger partial charge in [-0.15, -0.1) is 0 Å². The zero-order valence-corrected chi connectivity index (χ0v) is 13.1. The maximum atomic E-state index is 9.40. The topological polar surface area (TPSA) is 32.7 Å². The molecule has 1 aliphatic rings. The Bertz CT molecular complexity index is 417. The van der Waals surface area contributed by atoms with Crippen LogP contribution in [0.1, 0.15) is 30.4 Å². The van der Waals surface area contributed by atoms with E-state index in [-0.39, 0.29) is 6.61 Å². The molecule has 0 amide bonds. The third kappa shape index (κ3) is 4.20.